The summed E-state index contributed by atoms with van der Waals surface area (Å²) in [5, 5.41) is 4.94. The van der Waals surface area contributed by atoms with Gasteiger partial charge in [0.1, 0.15) is 5.82 Å². The monoisotopic (exact) mass is 228 g/mol. The number of benzene rings is 1. The van der Waals surface area contributed by atoms with Crippen molar-refractivity contribution < 1.29 is 4.39 Å². The lowest BCUT2D eigenvalue weighted by atomic mass is 10.2. The van der Waals surface area contributed by atoms with E-state index in [1.165, 1.54) is 6.07 Å². The highest BCUT2D eigenvalue weighted by atomic mass is 79.9. The third kappa shape index (κ3) is 1.03. The van der Waals surface area contributed by atoms with E-state index in [2.05, 4.69) is 21.0 Å². The smallest absolute Gasteiger partial charge is 0.138 e. The topological polar surface area (TPSA) is 17.8 Å². The summed E-state index contributed by atoms with van der Waals surface area (Å²) in [4.78, 5) is 0. The van der Waals surface area contributed by atoms with Crippen molar-refractivity contribution in [3.05, 3.63) is 28.6 Å². The van der Waals surface area contributed by atoms with Gasteiger partial charge >= 0.3 is 0 Å². The molecule has 0 aliphatic carbocycles. The standard InChI is InChI=1S/C8H6BrFN2/c1-12-4-5-7(11-12)3-2-6(10)8(5)9/h2-4H,1H3. The number of aromatic nitrogens is 2. The lowest BCUT2D eigenvalue weighted by Crippen LogP contribution is -1.84. The quantitative estimate of drug-likeness (QED) is 0.678. The summed E-state index contributed by atoms with van der Waals surface area (Å²) >= 11 is 3.17. The van der Waals surface area contributed by atoms with Crippen molar-refractivity contribution in [3.8, 4) is 0 Å². The lowest BCUT2D eigenvalue weighted by Gasteiger charge is -1.92. The fourth-order valence-corrected chi connectivity index (χ4v) is 1.59. The van der Waals surface area contributed by atoms with Gasteiger partial charge in [0, 0.05) is 18.6 Å². The van der Waals surface area contributed by atoms with Crippen molar-refractivity contribution in [1.29, 1.82) is 0 Å². The second kappa shape index (κ2) is 2.55. The van der Waals surface area contributed by atoms with Crippen molar-refractivity contribution in [2.75, 3.05) is 0 Å². The van der Waals surface area contributed by atoms with E-state index in [0.29, 0.717) is 4.47 Å². The maximum Gasteiger partial charge on any atom is 0.138 e. The molecule has 62 valence electrons. The molecule has 12 heavy (non-hydrogen) atoms. The Balaban J connectivity index is 2.89. The van der Waals surface area contributed by atoms with Gasteiger partial charge in [-0.05, 0) is 28.1 Å². The van der Waals surface area contributed by atoms with Crippen molar-refractivity contribution >= 4 is 26.8 Å². The minimum absolute atomic E-state index is 0.254. The molecule has 0 bridgehead atoms. The molecule has 0 amide bonds. The predicted octanol–water partition coefficient (Wildman–Crippen LogP) is 2.47. The van der Waals surface area contributed by atoms with Gasteiger partial charge in [-0.3, -0.25) is 4.68 Å². The molecule has 4 heteroatoms. The normalized spacial score (nSPS) is 10.9. The number of hydrogen-bond donors (Lipinski definition) is 0. The average molecular weight is 229 g/mol. The summed E-state index contributed by atoms with van der Waals surface area (Å²) in [6.45, 7) is 0. The summed E-state index contributed by atoms with van der Waals surface area (Å²) in [6.07, 6.45) is 1.78. The third-order valence-electron chi connectivity index (χ3n) is 1.69. The van der Waals surface area contributed by atoms with Crippen LogP contribution in [-0.4, -0.2) is 9.78 Å². The highest BCUT2D eigenvalue weighted by Gasteiger charge is 2.06. The van der Waals surface area contributed by atoms with Crippen LogP contribution in [0.1, 0.15) is 0 Å². The zero-order valence-electron chi connectivity index (χ0n) is 6.38. The van der Waals surface area contributed by atoms with E-state index in [1.807, 2.05) is 7.05 Å². The van der Waals surface area contributed by atoms with Crippen LogP contribution in [0.25, 0.3) is 10.9 Å². The Morgan fingerprint density at radius 3 is 3.00 bits per heavy atom. The van der Waals surface area contributed by atoms with Gasteiger partial charge in [-0.15, -0.1) is 0 Å². The number of hydrogen-bond acceptors (Lipinski definition) is 1. The molecule has 0 radical (unpaired) electrons. The SMILES string of the molecule is Cn1cc2c(Br)c(F)ccc2n1. The van der Waals surface area contributed by atoms with Crippen molar-refractivity contribution in [3.63, 3.8) is 0 Å². The molecule has 0 spiro atoms. The van der Waals surface area contributed by atoms with Crippen molar-refractivity contribution in [2.45, 2.75) is 0 Å². The Bertz CT molecular complexity index is 436. The first-order valence-corrected chi connectivity index (χ1v) is 4.25. The predicted molar refractivity (Wildman–Crippen MR) is 48.4 cm³/mol. The Morgan fingerprint density at radius 2 is 2.25 bits per heavy atom. The molecule has 0 fully saturated rings. The van der Waals surface area contributed by atoms with E-state index in [-0.39, 0.29) is 5.82 Å². The van der Waals surface area contributed by atoms with E-state index in [0.717, 1.165) is 10.9 Å². The number of halogens is 2. The van der Waals surface area contributed by atoms with Crippen LogP contribution in [0.5, 0.6) is 0 Å². The Hall–Kier alpha value is -0.900. The third-order valence-corrected chi connectivity index (χ3v) is 2.50. The van der Waals surface area contributed by atoms with Crippen LogP contribution in [0.4, 0.5) is 4.39 Å². The first kappa shape index (κ1) is 7.73. The second-order valence-corrected chi connectivity index (χ2v) is 3.39. The molecule has 0 unspecified atom stereocenters. The average Bonchev–Trinajstić information content (AvgIpc) is 2.39. The fourth-order valence-electron chi connectivity index (χ4n) is 1.15. The molecule has 2 rings (SSSR count). The molecule has 2 aromatic rings. The molecule has 0 saturated carbocycles. The van der Waals surface area contributed by atoms with Crippen LogP contribution >= 0.6 is 15.9 Å². The Labute approximate surface area is 77.1 Å². The lowest BCUT2D eigenvalue weighted by molar-refractivity contribution is 0.623. The molecular weight excluding hydrogens is 223 g/mol. The largest absolute Gasteiger partial charge is 0.275 e. The molecular formula is C8H6BrFN2. The van der Waals surface area contributed by atoms with E-state index >= 15 is 0 Å². The maximum atomic E-state index is 13.0. The van der Waals surface area contributed by atoms with Crippen LogP contribution < -0.4 is 0 Å². The first-order chi connectivity index (χ1) is 5.68. The van der Waals surface area contributed by atoms with Crippen LogP contribution in [0, 0.1) is 5.82 Å². The molecule has 0 aliphatic heterocycles. The highest BCUT2D eigenvalue weighted by molar-refractivity contribution is 9.10. The van der Waals surface area contributed by atoms with Gasteiger partial charge in [-0.2, -0.15) is 5.10 Å². The maximum absolute atomic E-state index is 13.0. The summed E-state index contributed by atoms with van der Waals surface area (Å²) in [5.74, 6) is -0.254. The van der Waals surface area contributed by atoms with Crippen molar-refractivity contribution in [1.82, 2.24) is 9.78 Å². The van der Waals surface area contributed by atoms with Gasteiger partial charge in [0.05, 0.1) is 9.99 Å². The minimum atomic E-state index is -0.254. The minimum Gasteiger partial charge on any atom is -0.275 e. The van der Waals surface area contributed by atoms with Crippen LogP contribution in [-0.2, 0) is 7.05 Å². The molecule has 0 atom stereocenters. The summed E-state index contributed by atoms with van der Waals surface area (Å²) in [6, 6.07) is 3.06. The second-order valence-electron chi connectivity index (χ2n) is 2.60. The van der Waals surface area contributed by atoms with Crippen LogP contribution in [0.2, 0.25) is 0 Å². The van der Waals surface area contributed by atoms with E-state index in [4.69, 9.17) is 0 Å². The van der Waals surface area contributed by atoms with E-state index < -0.39 is 0 Å². The number of fused-ring (bicyclic) bond motifs is 1. The van der Waals surface area contributed by atoms with Crippen molar-refractivity contribution in [2.24, 2.45) is 7.05 Å². The molecule has 0 N–H and O–H groups in total. The van der Waals surface area contributed by atoms with Crippen LogP contribution in [0.3, 0.4) is 0 Å². The molecule has 1 aromatic carbocycles. The van der Waals surface area contributed by atoms with Gasteiger partial charge in [0.2, 0.25) is 0 Å². The molecule has 0 aliphatic rings. The first-order valence-electron chi connectivity index (χ1n) is 3.46. The van der Waals surface area contributed by atoms with Gasteiger partial charge in [0.25, 0.3) is 0 Å². The molecule has 1 aromatic heterocycles. The molecule has 2 nitrogen and oxygen atoms in total. The van der Waals surface area contributed by atoms with Gasteiger partial charge in [-0.25, -0.2) is 4.39 Å². The molecule has 0 saturated heterocycles. The van der Waals surface area contributed by atoms with E-state index in [1.54, 1.807) is 16.9 Å². The Morgan fingerprint density at radius 1 is 1.50 bits per heavy atom. The van der Waals surface area contributed by atoms with E-state index in [9.17, 15) is 4.39 Å². The number of nitrogens with zero attached hydrogens (tertiary/aromatic N) is 2. The van der Waals surface area contributed by atoms with Gasteiger partial charge in [-0.1, -0.05) is 0 Å². The van der Waals surface area contributed by atoms with Gasteiger partial charge in [0.15, 0.2) is 0 Å². The van der Waals surface area contributed by atoms with Crippen LogP contribution in [0.15, 0.2) is 22.8 Å². The Kier molecular flexibility index (Phi) is 1.65. The number of rotatable bonds is 0. The zero-order valence-corrected chi connectivity index (χ0v) is 7.97. The molecule has 1 heterocycles. The summed E-state index contributed by atoms with van der Waals surface area (Å²) in [7, 11) is 1.81. The zero-order chi connectivity index (χ0) is 8.72. The highest BCUT2D eigenvalue weighted by Crippen LogP contribution is 2.25. The summed E-state index contributed by atoms with van der Waals surface area (Å²) < 4.78 is 15.1. The fraction of sp³-hybridized carbons (Fsp3) is 0.125. The summed E-state index contributed by atoms with van der Waals surface area (Å²) in [5.41, 5.74) is 0.797. The van der Waals surface area contributed by atoms with Gasteiger partial charge < -0.3 is 0 Å². The number of aryl methyl sites for hydroxylation is 1.